The molecule has 29 heavy (non-hydrogen) atoms. The molecule has 1 aromatic carbocycles. The molecule has 0 radical (unpaired) electrons. The minimum absolute atomic E-state index is 0.0898. The maximum atomic E-state index is 12.8. The molecule has 0 aliphatic carbocycles. The molecule has 1 atom stereocenters. The van der Waals surface area contributed by atoms with Crippen LogP contribution in [0.25, 0.3) is 10.6 Å². The minimum atomic E-state index is -0.404. The van der Waals surface area contributed by atoms with Gasteiger partial charge >= 0.3 is 0 Å². The zero-order valence-electron chi connectivity index (χ0n) is 16.7. The molecule has 2 amide bonds. The number of aromatic nitrogens is 2. The molecular weight excluding hydrogens is 452 g/mol. The van der Waals surface area contributed by atoms with Crippen molar-refractivity contribution in [3.8, 4) is 10.6 Å². The number of carbonyl (C=O) groups excluding carboxylic acids is 2. The Kier molecular flexibility index (Phi) is 8.18. The van der Waals surface area contributed by atoms with Gasteiger partial charge < -0.3 is 4.90 Å². The normalized spacial score (nSPS) is 16.2. The van der Waals surface area contributed by atoms with Gasteiger partial charge in [-0.1, -0.05) is 72.0 Å². The van der Waals surface area contributed by atoms with Gasteiger partial charge in [0, 0.05) is 23.0 Å². The van der Waals surface area contributed by atoms with Gasteiger partial charge in [0.05, 0.1) is 0 Å². The predicted octanol–water partition coefficient (Wildman–Crippen LogP) is 5.26. The lowest BCUT2D eigenvalue weighted by Crippen LogP contribution is -2.43. The van der Waals surface area contributed by atoms with Gasteiger partial charge in [-0.2, -0.15) is 0 Å². The summed E-state index contributed by atoms with van der Waals surface area (Å²) in [5.41, 5.74) is 0.951. The van der Waals surface area contributed by atoms with E-state index in [2.05, 4.69) is 38.4 Å². The lowest BCUT2D eigenvalue weighted by Gasteiger charge is -2.23. The standard InChI is InChI=1S/C21H27BrN4O2S/c1-2-3-4-5-6-9-18(27)26-14-7-8-17(26)19(28)23-21-25-24-20(29-21)15-10-12-16(22)13-11-15/h10-13,17H,2-9,14H2,1H3,(H,23,25,28). The van der Waals surface area contributed by atoms with Crippen LogP contribution in [0, 0.1) is 0 Å². The highest BCUT2D eigenvalue weighted by molar-refractivity contribution is 9.10. The molecule has 2 heterocycles. The number of hydrogen-bond donors (Lipinski definition) is 1. The van der Waals surface area contributed by atoms with E-state index in [1.165, 1.54) is 30.6 Å². The van der Waals surface area contributed by atoms with E-state index in [0.717, 1.165) is 34.3 Å². The third kappa shape index (κ3) is 6.09. The van der Waals surface area contributed by atoms with E-state index in [1.54, 1.807) is 4.90 Å². The number of unbranched alkanes of at least 4 members (excludes halogenated alkanes) is 4. The number of anilines is 1. The van der Waals surface area contributed by atoms with Gasteiger partial charge in [0.25, 0.3) is 0 Å². The van der Waals surface area contributed by atoms with Crippen molar-refractivity contribution in [3.63, 3.8) is 0 Å². The molecule has 3 rings (SSSR count). The maximum Gasteiger partial charge on any atom is 0.249 e. The summed E-state index contributed by atoms with van der Waals surface area (Å²) >= 11 is 4.75. The summed E-state index contributed by atoms with van der Waals surface area (Å²) in [6.07, 6.45) is 7.65. The zero-order chi connectivity index (χ0) is 20.6. The molecule has 1 aliphatic rings. The first-order chi connectivity index (χ1) is 14.1. The minimum Gasteiger partial charge on any atom is -0.331 e. The van der Waals surface area contributed by atoms with Crippen LogP contribution in [0.4, 0.5) is 5.13 Å². The van der Waals surface area contributed by atoms with Crippen LogP contribution in [0.3, 0.4) is 0 Å². The van der Waals surface area contributed by atoms with E-state index < -0.39 is 6.04 Å². The van der Waals surface area contributed by atoms with Crippen LogP contribution in [0.1, 0.15) is 58.3 Å². The molecule has 1 unspecified atom stereocenters. The molecule has 1 fully saturated rings. The van der Waals surface area contributed by atoms with Crippen molar-refractivity contribution in [2.75, 3.05) is 11.9 Å². The van der Waals surface area contributed by atoms with Crippen LogP contribution >= 0.6 is 27.3 Å². The fraction of sp³-hybridized carbons (Fsp3) is 0.524. The van der Waals surface area contributed by atoms with Gasteiger partial charge in [0.15, 0.2) is 0 Å². The number of nitrogens with zero attached hydrogens (tertiary/aromatic N) is 3. The van der Waals surface area contributed by atoms with Crippen LogP contribution in [0.5, 0.6) is 0 Å². The van der Waals surface area contributed by atoms with Crippen molar-refractivity contribution in [1.29, 1.82) is 0 Å². The number of halogens is 1. The number of nitrogens with one attached hydrogen (secondary N) is 1. The number of carbonyl (C=O) groups is 2. The molecule has 1 aromatic heterocycles. The van der Waals surface area contributed by atoms with Crippen molar-refractivity contribution in [1.82, 2.24) is 15.1 Å². The van der Waals surface area contributed by atoms with Crippen molar-refractivity contribution in [3.05, 3.63) is 28.7 Å². The van der Waals surface area contributed by atoms with Crippen LogP contribution in [-0.2, 0) is 9.59 Å². The Morgan fingerprint density at radius 1 is 1.17 bits per heavy atom. The molecule has 1 N–H and O–H groups in total. The highest BCUT2D eigenvalue weighted by Gasteiger charge is 2.34. The number of amides is 2. The van der Waals surface area contributed by atoms with E-state index in [4.69, 9.17) is 0 Å². The molecule has 156 valence electrons. The van der Waals surface area contributed by atoms with Gasteiger partial charge in [-0.25, -0.2) is 0 Å². The molecular formula is C21H27BrN4O2S. The summed E-state index contributed by atoms with van der Waals surface area (Å²) in [6.45, 7) is 2.84. The number of benzene rings is 1. The van der Waals surface area contributed by atoms with E-state index in [1.807, 2.05) is 24.3 Å². The Balaban J connectivity index is 1.54. The van der Waals surface area contributed by atoms with E-state index >= 15 is 0 Å². The van der Waals surface area contributed by atoms with Gasteiger partial charge in [-0.3, -0.25) is 14.9 Å². The van der Waals surface area contributed by atoms with Crippen molar-refractivity contribution < 1.29 is 9.59 Å². The SMILES string of the molecule is CCCCCCCC(=O)N1CCCC1C(=O)Nc1nnc(-c2ccc(Br)cc2)s1. The predicted molar refractivity (Wildman–Crippen MR) is 120 cm³/mol. The highest BCUT2D eigenvalue weighted by atomic mass is 79.9. The Morgan fingerprint density at radius 2 is 1.93 bits per heavy atom. The second kappa shape index (κ2) is 10.8. The Hall–Kier alpha value is -1.80. The average molecular weight is 479 g/mol. The zero-order valence-corrected chi connectivity index (χ0v) is 19.1. The molecule has 6 nitrogen and oxygen atoms in total. The van der Waals surface area contributed by atoms with Crippen LogP contribution in [-0.4, -0.2) is 39.5 Å². The lowest BCUT2D eigenvalue weighted by molar-refractivity contribution is -0.136. The summed E-state index contributed by atoms with van der Waals surface area (Å²) in [5.74, 6) is -0.0766. The first-order valence-electron chi connectivity index (χ1n) is 10.3. The smallest absolute Gasteiger partial charge is 0.249 e. The van der Waals surface area contributed by atoms with Gasteiger partial charge in [-0.15, -0.1) is 10.2 Å². The lowest BCUT2D eigenvalue weighted by atomic mass is 10.1. The number of hydrogen-bond acceptors (Lipinski definition) is 5. The van der Waals surface area contributed by atoms with Crippen molar-refractivity contribution >= 4 is 44.2 Å². The Morgan fingerprint density at radius 3 is 2.69 bits per heavy atom. The van der Waals surface area contributed by atoms with Crippen LogP contribution in [0.15, 0.2) is 28.7 Å². The third-order valence-corrected chi connectivity index (χ3v) is 6.53. The van der Waals surface area contributed by atoms with E-state index in [0.29, 0.717) is 24.5 Å². The topological polar surface area (TPSA) is 75.2 Å². The molecule has 2 aromatic rings. The summed E-state index contributed by atoms with van der Waals surface area (Å²) in [5, 5.41) is 12.3. The molecule has 0 saturated carbocycles. The van der Waals surface area contributed by atoms with Gasteiger partial charge in [0.2, 0.25) is 16.9 Å². The van der Waals surface area contributed by atoms with Gasteiger partial charge in [-0.05, 0) is 31.4 Å². The monoisotopic (exact) mass is 478 g/mol. The fourth-order valence-corrected chi connectivity index (χ4v) is 4.55. The maximum absolute atomic E-state index is 12.8. The number of likely N-dealkylation sites (tertiary alicyclic amines) is 1. The quantitative estimate of drug-likeness (QED) is 0.498. The Labute approximate surface area is 184 Å². The fourth-order valence-electron chi connectivity index (χ4n) is 3.53. The van der Waals surface area contributed by atoms with Crippen LogP contribution in [0.2, 0.25) is 0 Å². The summed E-state index contributed by atoms with van der Waals surface area (Å²) in [7, 11) is 0. The molecule has 0 spiro atoms. The van der Waals surface area contributed by atoms with Crippen LogP contribution < -0.4 is 5.32 Å². The summed E-state index contributed by atoms with van der Waals surface area (Å²) < 4.78 is 0.996. The summed E-state index contributed by atoms with van der Waals surface area (Å²) in [6, 6.07) is 7.39. The van der Waals surface area contributed by atoms with E-state index in [-0.39, 0.29) is 11.8 Å². The molecule has 0 bridgehead atoms. The largest absolute Gasteiger partial charge is 0.331 e. The van der Waals surface area contributed by atoms with Gasteiger partial charge in [0.1, 0.15) is 11.0 Å². The first-order valence-corrected chi connectivity index (χ1v) is 11.9. The van der Waals surface area contributed by atoms with E-state index in [9.17, 15) is 9.59 Å². The number of rotatable bonds is 9. The molecule has 1 aliphatic heterocycles. The van der Waals surface area contributed by atoms with Crippen molar-refractivity contribution in [2.45, 2.75) is 64.3 Å². The first kappa shape index (κ1) is 21.9. The van der Waals surface area contributed by atoms with Crippen molar-refractivity contribution in [2.24, 2.45) is 0 Å². The second-order valence-electron chi connectivity index (χ2n) is 7.32. The second-order valence-corrected chi connectivity index (χ2v) is 9.21. The molecule has 8 heteroatoms. The highest BCUT2D eigenvalue weighted by Crippen LogP contribution is 2.28. The third-order valence-electron chi connectivity index (χ3n) is 5.12. The average Bonchev–Trinajstić information content (AvgIpc) is 3.38. The molecule has 1 saturated heterocycles. The summed E-state index contributed by atoms with van der Waals surface area (Å²) in [4.78, 5) is 27.1. The Bertz CT molecular complexity index is 824.